The van der Waals surface area contributed by atoms with E-state index in [1.807, 2.05) is 6.07 Å². The molecular weight excluding hydrogens is 366 g/mol. The van der Waals surface area contributed by atoms with Gasteiger partial charge in [0.1, 0.15) is 0 Å². The van der Waals surface area contributed by atoms with Gasteiger partial charge in [-0.3, -0.25) is 0 Å². The fourth-order valence-corrected chi connectivity index (χ4v) is 4.03. The molecule has 29 heavy (non-hydrogen) atoms. The standard InChI is InChI=1S/C22H31N5O2/c23-15-17-1-3-18(4-2-17)16-29-21-9-10-24-22(26-21)25-19-5-7-20(8-6-19)27-11-13-28-14-12-27/h5-10,17-18H,1-4,11-16,23H2,(H,24,25,26)/t17-,18-. The largest absolute Gasteiger partial charge is 0.477 e. The van der Waals surface area contributed by atoms with E-state index in [0.29, 0.717) is 30.3 Å². The van der Waals surface area contributed by atoms with Crippen LogP contribution in [-0.4, -0.2) is 49.4 Å². The van der Waals surface area contributed by atoms with Gasteiger partial charge in [0.2, 0.25) is 11.8 Å². The maximum Gasteiger partial charge on any atom is 0.230 e. The Morgan fingerprint density at radius 2 is 1.76 bits per heavy atom. The molecule has 7 heteroatoms. The summed E-state index contributed by atoms with van der Waals surface area (Å²) in [7, 11) is 0. The van der Waals surface area contributed by atoms with Gasteiger partial charge in [0.25, 0.3) is 0 Å². The molecule has 3 N–H and O–H groups in total. The smallest absolute Gasteiger partial charge is 0.230 e. The molecule has 1 aromatic carbocycles. The highest BCUT2D eigenvalue weighted by Crippen LogP contribution is 2.28. The molecule has 4 rings (SSSR count). The van der Waals surface area contributed by atoms with Crippen LogP contribution in [0.15, 0.2) is 36.5 Å². The lowest BCUT2D eigenvalue weighted by atomic mass is 9.82. The topological polar surface area (TPSA) is 85.5 Å². The fourth-order valence-electron chi connectivity index (χ4n) is 4.03. The maximum atomic E-state index is 5.95. The minimum absolute atomic E-state index is 0.550. The van der Waals surface area contributed by atoms with Gasteiger partial charge in [-0.1, -0.05) is 0 Å². The molecule has 1 saturated carbocycles. The summed E-state index contributed by atoms with van der Waals surface area (Å²) >= 11 is 0. The van der Waals surface area contributed by atoms with Gasteiger partial charge in [0.05, 0.1) is 19.8 Å². The summed E-state index contributed by atoms with van der Waals surface area (Å²) in [5.74, 6) is 2.45. The van der Waals surface area contributed by atoms with Crippen molar-refractivity contribution in [3.8, 4) is 5.88 Å². The van der Waals surface area contributed by atoms with Crippen LogP contribution >= 0.6 is 0 Å². The minimum Gasteiger partial charge on any atom is -0.477 e. The first kappa shape index (κ1) is 19.9. The van der Waals surface area contributed by atoms with Gasteiger partial charge in [0.15, 0.2) is 0 Å². The van der Waals surface area contributed by atoms with E-state index in [4.69, 9.17) is 15.2 Å². The summed E-state index contributed by atoms with van der Waals surface area (Å²) in [6, 6.07) is 10.2. The summed E-state index contributed by atoms with van der Waals surface area (Å²) in [5.41, 5.74) is 7.94. The molecule has 0 bridgehead atoms. The first-order valence-corrected chi connectivity index (χ1v) is 10.7. The monoisotopic (exact) mass is 397 g/mol. The SMILES string of the molecule is NC[C@H]1CC[C@H](COc2ccnc(Nc3ccc(N4CCOCC4)cc3)n2)CC1. The molecule has 0 radical (unpaired) electrons. The van der Waals surface area contributed by atoms with E-state index < -0.39 is 0 Å². The fraction of sp³-hybridized carbons (Fsp3) is 0.545. The normalized spacial score (nSPS) is 22.3. The zero-order valence-electron chi connectivity index (χ0n) is 16.9. The van der Waals surface area contributed by atoms with E-state index >= 15 is 0 Å². The Balaban J connectivity index is 1.29. The quantitative estimate of drug-likeness (QED) is 0.742. The third-order valence-electron chi connectivity index (χ3n) is 5.90. The van der Waals surface area contributed by atoms with Gasteiger partial charge < -0.3 is 25.4 Å². The number of ether oxygens (including phenoxy) is 2. The van der Waals surface area contributed by atoms with Crippen molar-refractivity contribution in [2.24, 2.45) is 17.6 Å². The van der Waals surface area contributed by atoms with Crippen molar-refractivity contribution in [1.29, 1.82) is 0 Å². The predicted octanol–water partition coefficient (Wildman–Crippen LogP) is 3.20. The maximum absolute atomic E-state index is 5.95. The van der Waals surface area contributed by atoms with Crippen molar-refractivity contribution in [2.75, 3.05) is 49.7 Å². The van der Waals surface area contributed by atoms with Gasteiger partial charge in [-0.2, -0.15) is 4.98 Å². The second kappa shape index (κ2) is 9.89. The highest BCUT2D eigenvalue weighted by molar-refractivity contribution is 5.59. The Morgan fingerprint density at radius 1 is 1.03 bits per heavy atom. The van der Waals surface area contributed by atoms with E-state index in [1.54, 1.807) is 6.20 Å². The molecule has 1 aliphatic carbocycles. The van der Waals surface area contributed by atoms with E-state index in [0.717, 1.165) is 38.5 Å². The Hall–Kier alpha value is -2.38. The molecule has 1 saturated heterocycles. The highest BCUT2D eigenvalue weighted by Gasteiger charge is 2.20. The number of hydrogen-bond acceptors (Lipinski definition) is 7. The van der Waals surface area contributed by atoms with E-state index in [9.17, 15) is 0 Å². The van der Waals surface area contributed by atoms with Crippen molar-refractivity contribution in [1.82, 2.24) is 9.97 Å². The minimum atomic E-state index is 0.550. The number of nitrogens with zero attached hydrogens (tertiary/aromatic N) is 3. The molecule has 0 atom stereocenters. The lowest BCUT2D eigenvalue weighted by Gasteiger charge is -2.28. The van der Waals surface area contributed by atoms with Crippen molar-refractivity contribution in [3.63, 3.8) is 0 Å². The molecule has 156 valence electrons. The molecular formula is C22H31N5O2. The van der Waals surface area contributed by atoms with Crippen LogP contribution < -0.4 is 20.7 Å². The first-order chi connectivity index (χ1) is 14.3. The number of nitrogens with one attached hydrogen (secondary N) is 1. The van der Waals surface area contributed by atoms with Gasteiger partial charge in [0, 0.05) is 36.7 Å². The molecule has 1 aromatic heterocycles. The number of morpholine rings is 1. The zero-order valence-corrected chi connectivity index (χ0v) is 16.9. The van der Waals surface area contributed by atoms with Crippen LogP contribution in [0.3, 0.4) is 0 Å². The predicted molar refractivity (Wildman–Crippen MR) is 115 cm³/mol. The summed E-state index contributed by atoms with van der Waals surface area (Å²) in [5, 5.41) is 3.27. The van der Waals surface area contributed by atoms with E-state index in [-0.39, 0.29) is 0 Å². The number of rotatable bonds is 7. The summed E-state index contributed by atoms with van der Waals surface area (Å²) in [4.78, 5) is 11.2. The van der Waals surface area contributed by atoms with Crippen LogP contribution in [-0.2, 0) is 4.74 Å². The lowest BCUT2D eigenvalue weighted by Crippen LogP contribution is -2.36. The molecule has 0 spiro atoms. The van der Waals surface area contributed by atoms with Crippen LogP contribution in [0.4, 0.5) is 17.3 Å². The highest BCUT2D eigenvalue weighted by atomic mass is 16.5. The molecule has 0 unspecified atom stereocenters. The zero-order chi connectivity index (χ0) is 19.9. The van der Waals surface area contributed by atoms with Crippen LogP contribution in [0, 0.1) is 11.8 Å². The van der Waals surface area contributed by atoms with Crippen molar-refractivity contribution in [2.45, 2.75) is 25.7 Å². The second-order valence-electron chi connectivity index (χ2n) is 7.92. The summed E-state index contributed by atoms with van der Waals surface area (Å²) in [6.07, 6.45) is 6.53. The van der Waals surface area contributed by atoms with Crippen molar-refractivity contribution in [3.05, 3.63) is 36.5 Å². The Labute approximate surface area is 172 Å². The number of hydrogen-bond donors (Lipinski definition) is 2. The molecule has 2 aromatic rings. The first-order valence-electron chi connectivity index (χ1n) is 10.7. The number of nitrogens with two attached hydrogens (primary N) is 1. The average Bonchev–Trinajstić information content (AvgIpc) is 2.79. The number of benzene rings is 1. The Morgan fingerprint density at radius 3 is 2.48 bits per heavy atom. The van der Waals surface area contributed by atoms with Crippen molar-refractivity contribution < 1.29 is 9.47 Å². The van der Waals surface area contributed by atoms with Gasteiger partial charge in [-0.25, -0.2) is 4.98 Å². The molecule has 1 aliphatic heterocycles. The lowest BCUT2D eigenvalue weighted by molar-refractivity contribution is 0.122. The molecule has 2 fully saturated rings. The Bertz CT molecular complexity index is 756. The van der Waals surface area contributed by atoms with E-state index in [1.165, 1.54) is 31.4 Å². The van der Waals surface area contributed by atoms with E-state index in [2.05, 4.69) is 44.5 Å². The van der Waals surface area contributed by atoms with Crippen LogP contribution in [0.2, 0.25) is 0 Å². The van der Waals surface area contributed by atoms with Gasteiger partial charge in [-0.15, -0.1) is 0 Å². The third-order valence-corrected chi connectivity index (χ3v) is 5.90. The van der Waals surface area contributed by atoms with Crippen LogP contribution in [0.5, 0.6) is 5.88 Å². The molecule has 2 aliphatic rings. The number of anilines is 3. The van der Waals surface area contributed by atoms with Gasteiger partial charge >= 0.3 is 0 Å². The Kier molecular flexibility index (Phi) is 6.79. The summed E-state index contributed by atoms with van der Waals surface area (Å²) < 4.78 is 11.4. The average molecular weight is 398 g/mol. The molecule has 7 nitrogen and oxygen atoms in total. The van der Waals surface area contributed by atoms with Crippen molar-refractivity contribution >= 4 is 17.3 Å². The number of aromatic nitrogens is 2. The molecule has 2 heterocycles. The van der Waals surface area contributed by atoms with Crippen LogP contribution in [0.25, 0.3) is 0 Å². The third kappa shape index (κ3) is 5.58. The summed E-state index contributed by atoms with van der Waals surface area (Å²) in [6.45, 7) is 4.96. The van der Waals surface area contributed by atoms with Crippen LogP contribution in [0.1, 0.15) is 25.7 Å². The van der Waals surface area contributed by atoms with Gasteiger partial charge in [-0.05, 0) is 68.3 Å². The second-order valence-corrected chi connectivity index (χ2v) is 7.92. The molecule has 0 amide bonds.